The summed E-state index contributed by atoms with van der Waals surface area (Å²) in [6.45, 7) is 4.28. The predicted molar refractivity (Wildman–Crippen MR) is 268 cm³/mol. The fourth-order valence-corrected chi connectivity index (χ4v) is 8.18. The van der Waals surface area contributed by atoms with Crippen LogP contribution in [0.4, 0.5) is 11.4 Å². The third-order valence-electron chi connectivity index (χ3n) is 12.1. The molecule has 382 valence electrons. The van der Waals surface area contributed by atoms with Gasteiger partial charge >= 0.3 is 17.3 Å². The number of carboxylic acids is 1. The Hall–Kier alpha value is -8.00. The average Bonchev–Trinajstić information content (AvgIpc) is 3.81. The van der Waals surface area contributed by atoms with Crippen molar-refractivity contribution in [2.45, 2.75) is 121 Å². The number of imidazole rings is 1. The fourth-order valence-electron chi connectivity index (χ4n) is 8.18. The topological polar surface area (TPSA) is 304 Å². The molecule has 4 unspecified atom stereocenters. The van der Waals surface area contributed by atoms with Crippen molar-refractivity contribution in [2.24, 2.45) is 5.73 Å². The van der Waals surface area contributed by atoms with E-state index in [-0.39, 0.29) is 36.8 Å². The van der Waals surface area contributed by atoms with Crippen LogP contribution in [0.3, 0.4) is 0 Å². The van der Waals surface area contributed by atoms with E-state index in [0.717, 1.165) is 60.9 Å². The number of nitrogens with one attached hydrogen (secondary N) is 4. The molecule has 8 N–H and O–H groups in total. The minimum absolute atomic E-state index is 0.00364. The van der Waals surface area contributed by atoms with E-state index in [1.54, 1.807) is 30.6 Å². The summed E-state index contributed by atoms with van der Waals surface area (Å²) in [5.74, 6) is -5.39. The molecule has 0 radical (unpaired) electrons. The molecule has 4 amide bonds. The first-order valence-corrected chi connectivity index (χ1v) is 24.0. The molecule has 20 nitrogen and oxygen atoms in total. The van der Waals surface area contributed by atoms with Gasteiger partial charge in [-0.3, -0.25) is 39.4 Å². The number of nitro groups is 2. The molecule has 0 saturated carbocycles. The van der Waals surface area contributed by atoms with Crippen LogP contribution in [0.5, 0.6) is 5.75 Å². The second-order valence-electron chi connectivity index (χ2n) is 17.8. The molecular weight excluding hydrogens is 927 g/mol. The van der Waals surface area contributed by atoms with Crippen LogP contribution >= 0.6 is 0 Å². The van der Waals surface area contributed by atoms with Crippen molar-refractivity contribution in [1.29, 1.82) is 0 Å². The molecule has 5 aromatic rings. The Labute approximate surface area is 417 Å². The van der Waals surface area contributed by atoms with Crippen molar-refractivity contribution in [3.05, 3.63) is 163 Å². The number of carboxylic acid groups (broad SMARTS) is 1. The quantitative estimate of drug-likeness (QED) is 0.0167. The Morgan fingerprint density at radius 3 is 1.83 bits per heavy atom. The highest BCUT2D eigenvalue weighted by Gasteiger charge is 2.33. The molecule has 4 aromatic carbocycles. The van der Waals surface area contributed by atoms with Crippen LogP contribution in [0.25, 0.3) is 0 Å². The number of aliphatic carboxylic acids is 1. The summed E-state index contributed by atoms with van der Waals surface area (Å²) in [6, 6.07) is 22.2. The highest BCUT2D eigenvalue weighted by atomic mass is 16.6. The van der Waals surface area contributed by atoms with Crippen LogP contribution in [-0.2, 0) is 43.2 Å². The Morgan fingerprint density at radius 1 is 0.694 bits per heavy atom. The highest BCUT2D eigenvalue weighted by Crippen LogP contribution is 2.37. The van der Waals surface area contributed by atoms with E-state index in [1.165, 1.54) is 0 Å². The molecule has 0 aliphatic rings. The molecule has 72 heavy (non-hydrogen) atoms. The summed E-state index contributed by atoms with van der Waals surface area (Å²) < 4.78 is 1.93. The van der Waals surface area contributed by atoms with Crippen LogP contribution in [0.1, 0.15) is 104 Å². The van der Waals surface area contributed by atoms with E-state index < -0.39 is 81.2 Å². The Bertz CT molecular complexity index is 2550. The van der Waals surface area contributed by atoms with Crippen molar-refractivity contribution in [3.63, 3.8) is 0 Å². The number of rotatable bonds is 29. The zero-order valence-corrected chi connectivity index (χ0v) is 40.4. The number of hydrogen-bond donors (Lipinski definition) is 7. The van der Waals surface area contributed by atoms with E-state index in [4.69, 9.17) is 5.73 Å². The monoisotopic (exact) mass is 989 g/mol. The van der Waals surface area contributed by atoms with E-state index in [2.05, 4.69) is 33.2 Å². The third kappa shape index (κ3) is 16.6. The molecular formula is C52H63N9O11. The van der Waals surface area contributed by atoms with E-state index >= 15 is 0 Å². The van der Waals surface area contributed by atoms with Gasteiger partial charge in [0.25, 0.3) is 5.75 Å². The number of aromatic hydroxyl groups is 1. The molecule has 4 atom stereocenters. The summed E-state index contributed by atoms with van der Waals surface area (Å²) in [5, 5.41) is 54.2. The number of phenols is 1. The summed E-state index contributed by atoms with van der Waals surface area (Å²) in [5.41, 5.74) is 8.17. The van der Waals surface area contributed by atoms with Crippen molar-refractivity contribution in [3.8, 4) is 5.75 Å². The van der Waals surface area contributed by atoms with Crippen molar-refractivity contribution in [1.82, 2.24) is 30.8 Å². The van der Waals surface area contributed by atoms with Gasteiger partial charge in [-0.25, -0.2) is 9.78 Å². The number of nitrogens with two attached hydrogens (primary N) is 1. The van der Waals surface area contributed by atoms with E-state index in [9.17, 15) is 54.4 Å². The van der Waals surface area contributed by atoms with E-state index in [1.807, 2.05) is 78.4 Å². The van der Waals surface area contributed by atoms with Gasteiger partial charge in [0.15, 0.2) is 0 Å². The number of nitrogens with zero attached hydrogens (tertiary/aromatic N) is 4. The Morgan fingerprint density at radius 2 is 1.25 bits per heavy atom. The standard InChI is InChI=1S/C52H63N9O11/c1-3-4-5-6-13-21-46(62)54-26-15-14-20-41(56-49(64)40(53)31-39-32-59(33-55-39)47(37-16-9-7-10-17-37)38-18-11-8-12-19-38)50(65)57-42(27-35-24-22-34(2)23-25-35)51(66)58-43(52(67)68)28-36-29-44(60(69)70)48(63)45(30-36)61(71)72/h7-12,16-19,22-25,29-30,32-33,40-43,47,63H,3-6,13-15,20-21,26-28,31,53H2,1-2H3,(H,54,62)(H,56,64)(H,57,65)(H,58,66)(H,67,68). The smallest absolute Gasteiger partial charge is 0.326 e. The van der Waals surface area contributed by atoms with Crippen LogP contribution in [0.15, 0.2) is 110 Å². The first-order valence-electron chi connectivity index (χ1n) is 24.0. The molecule has 0 bridgehead atoms. The number of nitro benzene ring substituents is 2. The summed E-state index contributed by atoms with van der Waals surface area (Å²) >= 11 is 0. The van der Waals surface area contributed by atoms with Crippen LogP contribution < -0.4 is 27.0 Å². The molecule has 0 saturated heterocycles. The Balaban J connectivity index is 1.35. The van der Waals surface area contributed by atoms with Crippen molar-refractivity contribution >= 4 is 41.0 Å². The number of carbonyl (C=O) groups excluding carboxylic acids is 4. The number of hydrogen-bond acceptors (Lipinski definition) is 12. The minimum Gasteiger partial charge on any atom is -0.497 e. The highest BCUT2D eigenvalue weighted by molar-refractivity contribution is 5.94. The van der Waals surface area contributed by atoms with Crippen molar-refractivity contribution < 1.29 is 44.0 Å². The summed E-state index contributed by atoms with van der Waals surface area (Å²) in [4.78, 5) is 93.2. The summed E-state index contributed by atoms with van der Waals surface area (Å²) in [7, 11) is 0. The zero-order valence-electron chi connectivity index (χ0n) is 40.4. The maximum atomic E-state index is 14.4. The third-order valence-corrected chi connectivity index (χ3v) is 12.1. The molecule has 0 aliphatic carbocycles. The number of carbonyl (C=O) groups is 5. The molecule has 5 rings (SSSR count). The number of amides is 4. The molecule has 20 heteroatoms. The lowest BCUT2D eigenvalue weighted by atomic mass is 9.98. The maximum absolute atomic E-state index is 14.4. The normalized spacial score (nSPS) is 12.8. The van der Waals surface area contributed by atoms with Gasteiger partial charge in [-0.15, -0.1) is 0 Å². The predicted octanol–water partition coefficient (Wildman–Crippen LogP) is 5.89. The minimum atomic E-state index is -1.82. The maximum Gasteiger partial charge on any atom is 0.326 e. The molecule has 0 spiro atoms. The van der Waals surface area contributed by atoms with Gasteiger partial charge in [0, 0.05) is 50.6 Å². The van der Waals surface area contributed by atoms with Gasteiger partial charge in [-0.2, -0.15) is 0 Å². The largest absolute Gasteiger partial charge is 0.497 e. The van der Waals surface area contributed by atoms with Crippen molar-refractivity contribution in [2.75, 3.05) is 6.54 Å². The van der Waals surface area contributed by atoms with Gasteiger partial charge in [0.1, 0.15) is 18.1 Å². The molecule has 1 heterocycles. The van der Waals surface area contributed by atoms with Gasteiger partial charge in [-0.1, -0.05) is 123 Å². The Kier molecular flexibility index (Phi) is 20.9. The second kappa shape index (κ2) is 27.4. The number of benzene rings is 4. The lowest BCUT2D eigenvalue weighted by Crippen LogP contribution is -2.58. The zero-order chi connectivity index (χ0) is 52.2. The first-order chi connectivity index (χ1) is 34.5. The molecule has 1 aromatic heterocycles. The second-order valence-corrected chi connectivity index (χ2v) is 17.8. The van der Waals surface area contributed by atoms with Crippen LogP contribution in [0.2, 0.25) is 0 Å². The van der Waals surface area contributed by atoms with Gasteiger partial charge in [-0.05, 0) is 54.9 Å². The van der Waals surface area contributed by atoms with Gasteiger partial charge < -0.3 is 41.8 Å². The SMILES string of the molecule is CCCCCCCC(=O)NCCCCC(NC(=O)C(N)Cc1cn(C(c2ccccc2)c2ccccc2)cn1)C(=O)NC(Cc1ccc(C)cc1)C(=O)NC(Cc1cc([N+](=O)[O-])c(O)c([N+](=O)[O-])c1)C(=O)O. The number of aromatic nitrogens is 2. The summed E-state index contributed by atoms with van der Waals surface area (Å²) in [6.07, 6.45) is 8.85. The van der Waals surface area contributed by atoms with Gasteiger partial charge in [0.2, 0.25) is 23.6 Å². The van der Waals surface area contributed by atoms with E-state index in [0.29, 0.717) is 37.1 Å². The molecule has 0 fully saturated rings. The number of unbranched alkanes of at least 4 members (excludes halogenated alkanes) is 5. The average molecular weight is 990 g/mol. The fraction of sp³-hybridized carbons (Fsp3) is 0.385. The van der Waals surface area contributed by atoms with Crippen LogP contribution in [0, 0.1) is 27.2 Å². The first kappa shape index (κ1) is 54.9. The number of aryl methyl sites for hydroxylation is 1. The lowest BCUT2D eigenvalue weighted by molar-refractivity contribution is -0.396. The number of phenolic OH excluding ortho intramolecular Hbond substituents is 1. The van der Waals surface area contributed by atoms with Gasteiger partial charge in [0.05, 0.1) is 34.0 Å². The molecule has 0 aliphatic heterocycles. The van der Waals surface area contributed by atoms with Crippen LogP contribution in [-0.4, -0.2) is 89.9 Å². The lowest BCUT2D eigenvalue weighted by Gasteiger charge is -2.25.